The van der Waals surface area contributed by atoms with Crippen molar-refractivity contribution in [2.45, 2.75) is 33.1 Å². The van der Waals surface area contributed by atoms with Crippen LogP contribution in [-0.2, 0) is 11.2 Å². The Bertz CT molecular complexity index is 386. The van der Waals surface area contributed by atoms with Crippen molar-refractivity contribution in [3.05, 3.63) is 28.2 Å². The summed E-state index contributed by atoms with van der Waals surface area (Å²) in [4.78, 5) is 11.6. The van der Waals surface area contributed by atoms with Crippen LogP contribution in [0.5, 0.6) is 5.75 Å². The monoisotopic (exact) mass is 298 g/mol. The van der Waals surface area contributed by atoms with E-state index in [0.29, 0.717) is 24.5 Å². The molecule has 0 aromatic heterocycles. The lowest BCUT2D eigenvalue weighted by Gasteiger charge is -2.08. The zero-order chi connectivity index (χ0) is 12.8. The van der Waals surface area contributed by atoms with E-state index in [-0.39, 0.29) is 0 Å². The Hall–Kier alpha value is -0.830. The molecule has 0 unspecified atom stereocenters. The smallest absolute Gasteiger partial charge is 0.133 e. The van der Waals surface area contributed by atoms with Crippen molar-refractivity contribution in [2.75, 3.05) is 7.11 Å². The lowest BCUT2D eigenvalue weighted by molar-refractivity contribution is -0.119. The number of halogens is 1. The van der Waals surface area contributed by atoms with Gasteiger partial charge >= 0.3 is 0 Å². The number of benzene rings is 1. The molecule has 0 heterocycles. The minimum absolute atomic E-state index is 0.328. The van der Waals surface area contributed by atoms with Crippen molar-refractivity contribution in [3.63, 3.8) is 0 Å². The number of rotatable bonds is 6. The Morgan fingerprint density at radius 3 is 2.71 bits per heavy atom. The third-order valence-corrected chi connectivity index (χ3v) is 3.34. The highest BCUT2D eigenvalue weighted by Gasteiger charge is 2.08. The van der Waals surface area contributed by atoms with Crippen LogP contribution in [0, 0.1) is 5.92 Å². The summed E-state index contributed by atoms with van der Waals surface area (Å²) in [5, 5.41) is 0. The molecule has 0 bridgehead atoms. The van der Waals surface area contributed by atoms with Crippen molar-refractivity contribution in [1.82, 2.24) is 0 Å². The van der Waals surface area contributed by atoms with Crippen LogP contribution in [0.15, 0.2) is 22.7 Å². The number of carbonyl (C=O) groups is 1. The van der Waals surface area contributed by atoms with Gasteiger partial charge in [0.15, 0.2) is 0 Å². The maximum atomic E-state index is 11.6. The minimum atomic E-state index is 0.328. The van der Waals surface area contributed by atoms with E-state index in [1.165, 1.54) is 0 Å². The largest absolute Gasteiger partial charge is 0.497 e. The van der Waals surface area contributed by atoms with Crippen LogP contribution in [0.25, 0.3) is 0 Å². The second-order valence-corrected chi connectivity index (χ2v) is 5.45. The second kappa shape index (κ2) is 6.80. The summed E-state index contributed by atoms with van der Waals surface area (Å²) in [5.41, 5.74) is 1.13. The number of carbonyl (C=O) groups excluding carboxylic acids is 1. The number of aryl methyl sites for hydroxylation is 1. The van der Waals surface area contributed by atoms with Gasteiger partial charge in [-0.1, -0.05) is 29.8 Å². The predicted molar refractivity (Wildman–Crippen MR) is 73.5 cm³/mol. The van der Waals surface area contributed by atoms with Gasteiger partial charge in [0.2, 0.25) is 0 Å². The molecule has 94 valence electrons. The van der Waals surface area contributed by atoms with E-state index in [4.69, 9.17) is 4.74 Å². The van der Waals surface area contributed by atoms with Crippen LogP contribution in [0.2, 0.25) is 0 Å². The average molecular weight is 299 g/mol. The van der Waals surface area contributed by atoms with Crippen LogP contribution in [-0.4, -0.2) is 12.9 Å². The van der Waals surface area contributed by atoms with Gasteiger partial charge < -0.3 is 4.74 Å². The Morgan fingerprint density at radius 2 is 2.12 bits per heavy atom. The summed E-state index contributed by atoms with van der Waals surface area (Å²) in [6.45, 7) is 4.14. The van der Waals surface area contributed by atoms with Crippen LogP contribution < -0.4 is 4.74 Å². The highest BCUT2D eigenvalue weighted by molar-refractivity contribution is 9.10. The summed E-state index contributed by atoms with van der Waals surface area (Å²) >= 11 is 3.49. The van der Waals surface area contributed by atoms with Gasteiger partial charge in [-0.3, -0.25) is 4.79 Å². The lowest BCUT2D eigenvalue weighted by Crippen LogP contribution is -2.04. The fourth-order valence-corrected chi connectivity index (χ4v) is 2.15. The molecule has 0 atom stereocenters. The Labute approximate surface area is 111 Å². The molecule has 3 heteroatoms. The first-order chi connectivity index (χ1) is 8.02. The van der Waals surface area contributed by atoms with Gasteiger partial charge in [-0.15, -0.1) is 0 Å². The Balaban J connectivity index is 2.59. The second-order valence-electron chi connectivity index (χ2n) is 4.59. The molecule has 0 amide bonds. The molecule has 0 saturated heterocycles. The summed E-state index contributed by atoms with van der Waals surface area (Å²) in [6, 6.07) is 5.84. The maximum Gasteiger partial charge on any atom is 0.133 e. The first-order valence-electron chi connectivity index (χ1n) is 5.87. The van der Waals surface area contributed by atoms with Gasteiger partial charge in [-0.05, 0) is 36.1 Å². The summed E-state index contributed by atoms with van der Waals surface area (Å²) in [6.07, 6.45) is 2.04. The highest BCUT2D eigenvalue weighted by Crippen LogP contribution is 2.24. The number of methoxy groups -OCH3 is 1. The number of ether oxygens (including phenoxy) is 1. The molecular formula is C14H19BrO2. The molecule has 1 aromatic rings. The van der Waals surface area contributed by atoms with Crippen LogP contribution in [0.3, 0.4) is 0 Å². The van der Waals surface area contributed by atoms with E-state index in [1.54, 1.807) is 7.11 Å². The Morgan fingerprint density at radius 1 is 1.41 bits per heavy atom. The summed E-state index contributed by atoms with van der Waals surface area (Å²) < 4.78 is 6.21. The molecule has 1 aromatic carbocycles. The van der Waals surface area contributed by atoms with Gasteiger partial charge in [0, 0.05) is 17.3 Å². The first kappa shape index (κ1) is 14.2. The molecule has 17 heavy (non-hydrogen) atoms. The molecule has 0 aliphatic rings. The van der Waals surface area contributed by atoms with Crippen LogP contribution in [0.4, 0.5) is 0 Å². The minimum Gasteiger partial charge on any atom is -0.497 e. The zero-order valence-electron chi connectivity index (χ0n) is 10.6. The summed E-state index contributed by atoms with van der Waals surface area (Å²) in [7, 11) is 1.65. The van der Waals surface area contributed by atoms with Crippen molar-refractivity contribution in [2.24, 2.45) is 5.92 Å². The molecule has 0 fully saturated rings. The molecule has 0 aliphatic carbocycles. The molecule has 1 rings (SSSR count). The van der Waals surface area contributed by atoms with Gasteiger partial charge in [0.1, 0.15) is 11.5 Å². The van der Waals surface area contributed by atoms with E-state index >= 15 is 0 Å². The molecule has 0 saturated carbocycles. The van der Waals surface area contributed by atoms with Crippen molar-refractivity contribution >= 4 is 21.7 Å². The number of Topliss-reactive ketones (excluding diaryl/α,β-unsaturated/α-hetero) is 1. The van der Waals surface area contributed by atoms with Gasteiger partial charge in [-0.25, -0.2) is 0 Å². The van der Waals surface area contributed by atoms with E-state index in [0.717, 1.165) is 22.2 Å². The summed E-state index contributed by atoms with van der Waals surface area (Å²) in [5.74, 6) is 1.60. The van der Waals surface area contributed by atoms with Crippen molar-refractivity contribution in [3.8, 4) is 5.75 Å². The topological polar surface area (TPSA) is 26.3 Å². The van der Waals surface area contributed by atoms with Gasteiger partial charge in [-0.2, -0.15) is 0 Å². The average Bonchev–Trinajstić information content (AvgIpc) is 2.27. The van der Waals surface area contributed by atoms with Crippen LogP contribution >= 0.6 is 15.9 Å². The zero-order valence-corrected chi connectivity index (χ0v) is 12.2. The van der Waals surface area contributed by atoms with E-state index in [1.807, 2.05) is 18.2 Å². The van der Waals surface area contributed by atoms with E-state index < -0.39 is 0 Å². The number of ketones is 1. The predicted octanol–water partition coefficient (Wildman–Crippen LogP) is 4.01. The van der Waals surface area contributed by atoms with Crippen LogP contribution in [0.1, 0.15) is 32.3 Å². The molecular weight excluding hydrogens is 280 g/mol. The third-order valence-electron chi connectivity index (χ3n) is 2.56. The Kier molecular flexibility index (Phi) is 5.69. The normalized spacial score (nSPS) is 10.6. The number of hydrogen-bond acceptors (Lipinski definition) is 2. The van der Waals surface area contributed by atoms with Gasteiger partial charge in [0.05, 0.1) is 7.11 Å². The quantitative estimate of drug-likeness (QED) is 0.793. The maximum absolute atomic E-state index is 11.6. The number of hydrogen-bond donors (Lipinski definition) is 0. The molecule has 0 aliphatic heterocycles. The van der Waals surface area contributed by atoms with Crippen molar-refractivity contribution in [1.29, 1.82) is 0 Å². The molecule has 0 spiro atoms. The highest BCUT2D eigenvalue weighted by atomic mass is 79.9. The van der Waals surface area contributed by atoms with Crippen molar-refractivity contribution < 1.29 is 9.53 Å². The molecule has 0 radical (unpaired) electrons. The lowest BCUT2D eigenvalue weighted by atomic mass is 10.0. The fourth-order valence-electron chi connectivity index (χ4n) is 1.70. The van der Waals surface area contributed by atoms with E-state index in [2.05, 4.69) is 29.8 Å². The van der Waals surface area contributed by atoms with Gasteiger partial charge in [0.25, 0.3) is 0 Å². The third kappa shape index (κ3) is 4.90. The first-order valence-corrected chi connectivity index (χ1v) is 6.66. The standard InChI is InChI=1S/C14H19BrO2/c1-10(2)8-12(16)5-4-11-9-13(17-3)6-7-14(11)15/h6-7,9-10H,4-5,8H2,1-3H3. The fraction of sp³-hybridized carbons (Fsp3) is 0.500. The SMILES string of the molecule is COc1ccc(Br)c(CCC(=O)CC(C)C)c1. The molecule has 2 nitrogen and oxygen atoms in total. The van der Waals surface area contributed by atoms with E-state index in [9.17, 15) is 4.79 Å². The molecule has 0 N–H and O–H groups in total.